The first-order valence-electron chi connectivity index (χ1n) is 6.01. The van der Waals surface area contributed by atoms with Crippen LogP contribution in [0.3, 0.4) is 0 Å². The highest BCUT2D eigenvalue weighted by Crippen LogP contribution is 2.35. The van der Waals surface area contributed by atoms with Crippen molar-refractivity contribution in [3.8, 4) is 11.5 Å². The van der Waals surface area contributed by atoms with Gasteiger partial charge in [0.1, 0.15) is 0 Å². The largest absolute Gasteiger partial charge is 0.493 e. The van der Waals surface area contributed by atoms with Crippen molar-refractivity contribution in [2.24, 2.45) is 0 Å². The SMILES string of the molecule is COc1cc2c(cc1OC)C(=CC(=O)O)NC(C)C2. The summed E-state index contributed by atoms with van der Waals surface area (Å²) in [4.78, 5) is 10.9. The van der Waals surface area contributed by atoms with E-state index in [-0.39, 0.29) is 6.04 Å². The normalized spacial score (nSPS) is 19.5. The molecular weight excluding hydrogens is 246 g/mol. The highest BCUT2D eigenvalue weighted by molar-refractivity contribution is 5.90. The van der Waals surface area contributed by atoms with Crippen LogP contribution in [0.15, 0.2) is 18.2 Å². The Labute approximate surface area is 111 Å². The van der Waals surface area contributed by atoms with Gasteiger partial charge in [-0.1, -0.05) is 0 Å². The molecule has 0 aliphatic carbocycles. The lowest BCUT2D eigenvalue weighted by molar-refractivity contribution is -0.131. The summed E-state index contributed by atoms with van der Waals surface area (Å²) in [6.07, 6.45) is 1.99. The molecule has 1 heterocycles. The Morgan fingerprint density at radius 2 is 2.00 bits per heavy atom. The van der Waals surface area contributed by atoms with E-state index >= 15 is 0 Å². The lowest BCUT2D eigenvalue weighted by Gasteiger charge is -2.27. The fourth-order valence-corrected chi connectivity index (χ4v) is 2.31. The van der Waals surface area contributed by atoms with Crippen molar-refractivity contribution in [3.05, 3.63) is 29.3 Å². The number of ether oxygens (including phenoxy) is 2. The van der Waals surface area contributed by atoms with Crippen LogP contribution in [0.2, 0.25) is 0 Å². The number of hydrogen-bond acceptors (Lipinski definition) is 4. The fraction of sp³-hybridized carbons (Fsp3) is 0.357. The summed E-state index contributed by atoms with van der Waals surface area (Å²) < 4.78 is 10.5. The van der Waals surface area contributed by atoms with Gasteiger partial charge in [0.25, 0.3) is 0 Å². The minimum absolute atomic E-state index is 0.177. The predicted molar refractivity (Wildman–Crippen MR) is 71.5 cm³/mol. The number of nitrogens with one attached hydrogen (secondary N) is 1. The molecule has 5 nitrogen and oxygen atoms in total. The molecular formula is C14H17NO4. The number of carboxylic acid groups (broad SMARTS) is 1. The van der Waals surface area contributed by atoms with Crippen molar-refractivity contribution in [2.75, 3.05) is 14.2 Å². The maximum absolute atomic E-state index is 10.9. The summed E-state index contributed by atoms with van der Waals surface area (Å²) >= 11 is 0. The third-order valence-electron chi connectivity index (χ3n) is 3.10. The third-order valence-corrected chi connectivity index (χ3v) is 3.10. The highest BCUT2D eigenvalue weighted by Gasteiger charge is 2.22. The van der Waals surface area contributed by atoms with Crippen LogP contribution in [-0.2, 0) is 11.2 Å². The van der Waals surface area contributed by atoms with Gasteiger partial charge >= 0.3 is 5.97 Å². The van der Waals surface area contributed by atoms with Crippen molar-refractivity contribution in [1.82, 2.24) is 5.32 Å². The number of hydrogen-bond donors (Lipinski definition) is 2. The summed E-state index contributed by atoms with van der Waals surface area (Å²) in [5.74, 6) is 0.274. The number of aliphatic carboxylic acids is 1. The monoisotopic (exact) mass is 263 g/mol. The molecule has 0 fully saturated rings. The topological polar surface area (TPSA) is 67.8 Å². The standard InChI is InChI=1S/C14H17NO4/c1-8-4-9-5-12(18-2)13(19-3)6-10(9)11(15-8)7-14(16)17/h5-8,15H,4H2,1-3H3,(H,16,17). The van der Waals surface area contributed by atoms with Gasteiger partial charge in [0.2, 0.25) is 0 Å². The van der Waals surface area contributed by atoms with Crippen LogP contribution >= 0.6 is 0 Å². The van der Waals surface area contributed by atoms with E-state index in [0.29, 0.717) is 17.2 Å². The highest BCUT2D eigenvalue weighted by atomic mass is 16.5. The van der Waals surface area contributed by atoms with Crippen LogP contribution in [-0.4, -0.2) is 31.3 Å². The Balaban J connectivity index is 2.57. The second-order valence-corrected chi connectivity index (χ2v) is 4.51. The average Bonchev–Trinajstić information content (AvgIpc) is 2.36. The van der Waals surface area contributed by atoms with Crippen LogP contribution in [0, 0.1) is 0 Å². The maximum Gasteiger partial charge on any atom is 0.330 e. The fourth-order valence-electron chi connectivity index (χ4n) is 2.31. The van der Waals surface area contributed by atoms with E-state index < -0.39 is 5.97 Å². The van der Waals surface area contributed by atoms with Crippen molar-refractivity contribution in [3.63, 3.8) is 0 Å². The first-order valence-corrected chi connectivity index (χ1v) is 6.01. The number of benzene rings is 1. The van der Waals surface area contributed by atoms with Gasteiger partial charge in [0.15, 0.2) is 11.5 Å². The van der Waals surface area contributed by atoms with E-state index in [1.165, 1.54) is 6.08 Å². The van der Waals surface area contributed by atoms with E-state index in [4.69, 9.17) is 14.6 Å². The van der Waals surface area contributed by atoms with Gasteiger partial charge in [-0.05, 0) is 31.0 Å². The van der Waals surface area contributed by atoms with Crippen molar-refractivity contribution in [2.45, 2.75) is 19.4 Å². The van der Waals surface area contributed by atoms with Crippen LogP contribution in [0.5, 0.6) is 11.5 Å². The zero-order valence-electron chi connectivity index (χ0n) is 11.2. The molecule has 0 amide bonds. The molecule has 0 bridgehead atoms. The minimum atomic E-state index is -0.975. The minimum Gasteiger partial charge on any atom is -0.493 e. The molecule has 1 atom stereocenters. The molecule has 1 aromatic carbocycles. The number of carbonyl (C=O) groups is 1. The molecule has 5 heteroatoms. The second kappa shape index (κ2) is 5.22. The van der Waals surface area contributed by atoms with Crippen LogP contribution < -0.4 is 14.8 Å². The second-order valence-electron chi connectivity index (χ2n) is 4.51. The molecule has 1 aromatic rings. The molecule has 1 aliphatic rings. The number of carboxylic acids is 1. The average molecular weight is 263 g/mol. The van der Waals surface area contributed by atoms with E-state index in [1.807, 2.05) is 19.1 Å². The Morgan fingerprint density at radius 1 is 1.37 bits per heavy atom. The molecule has 0 radical (unpaired) electrons. The van der Waals surface area contributed by atoms with E-state index in [2.05, 4.69) is 5.32 Å². The predicted octanol–water partition coefficient (Wildman–Crippen LogP) is 1.66. The zero-order chi connectivity index (χ0) is 14.0. The molecule has 1 unspecified atom stereocenters. The van der Waals surface area contributed by atoms with Gasteiger partial charge < -0.3 is 19.9 Å². The lowest BCUT2D eigenvalue weighted by atomic mass is 9.93. The molecule has 19 heavy (non-hydrogen) atoms. The Morgan fingerprint density at radius 3 is 2.58 bits per heavy atom. The Bertz CT molecular complexity index is 536. The first kappa shape index (κ1) is 13.3. The zero-order valence-corrected chi connectivity index (χ0v) is 11.2. The van der Waals surface area contributed by atoms with E-state index in [9.17, 15) is 4.79 Å². The quantitative estimate of drug-likeness (QED) is 0.812. The van der Waals surface area contributed by atoms with Gasteiger partial charge in [0.05, 0.1) is 14.2 Å². The Kier molecular flexibility index (Phi) is 3.64. The first-order chi connectivity index (χ1) is 9.05. The van der Waals surface area contributed by atoms with Gasteiger partial charge in [-0.25, -0.2) is 4.79 Å². The van der Waals surface area contributed by atoms with E-state index in [0.717, 1.165) is 17.5 Å². The molecule has 0 saturated heterocycles. The van der Waals surface area contributed by atoms with Crippen LogP contribution in [0.1, 0.15) is 18.1 Å². The maximum atomic E-state index is 10.9. The molecule has 2 rings (SSSR count). The summed E-state index contributed by atoms with van der Waals surface area (Å²) in [7, 11) is 3.15. The number of fused-ring (bicyclic) bond motifs is 1. The van der Waals surface area contributed by atoms with Crippen molar-refractivity contribution in [1.29, 1.82) is 0 Å². The third kappa shape index (κ3) is 2.65. The van der Waals surface area contributed by atoms with Gasteiger partial charge in [-0.15, -0.1) is 0 Å². The lowest BCUT2D eigenvalue weighted by Crippen LogP contribution is -2.32. The Hall–Kier alpha value is -2.17. The van der Waals surface area contributed by atoms with E-state index in [1.54, 1.807) is 14.2 Å². The summed E-state index contributed by atoms with van der Waals surface area (Å²) in [5, 5.41) is 12.1. The number of rotatable bonds is 3. The molecule has 0 aromatic heterocycles. The molecule has 102 valence electrons. The van der Waals surface area contributed by atoms with Gasteiger partial charge in [0, 0.05) is 23.4 Å². The smallest absolute Gasteiger partial charge is 0.330 e. The van der Waals surface area contributed by atoms with Crippen LogP contribution in [0.4, 0.5) is 0 Å². The molecule has 0 saturated carbocycles. The van der Waals surface area contributed by atoms with Crippen molar-refractivity contribution < 1.29 is 19.4 Å². The molecule has 2 N–H and O–H groups in total. The summed E-state index contributed by atoms with van der Waals surface area (Å²) in [5.41, 5.74) is 2.50. The summed E-state index contributed by atoms with van der Waals surface area (Å²) in [6, 6.07) is 3.89. The molecule has 1 aliphatic heterocycles. The van der Waals surface area contributed by atoms with Crippen LogP contribution in [0.25, 0.3) is 5.70 Å². The molecule has 0 spiro atoms. The van der Waals surface area contributed by atoms with Gasteiger partial charge in [-0.2, -0.15) is 0 Å². The number of methoxy groups -OCH3 is 2. The van der Waals surface area contributed by atoms with Crippen molar-refractivity contribution >= 4 is 11.7 Å². The summed E-state index contributed by atoms with van der Waals surface area (Å²) in [6.45, 7) is 2.01. The van der Waals surface area contributed by atoms with Gasteiger partial charge in [-0.3, -0.25) is 0 Å².